The Morgan fingerprint density at radius 2 is 2.29 bits per heavy atom. The minimum Gasteiger partial charge on any atom is -0.398 e. The molecule has 17 heavy (non-hydrogen) atoms. The first-order valence-electron chi connectivity index (χ1n) is 4.62. The normalized spacial score (nSPS) is 11.5. The highest BCUT2D eigenvalue weighted by atomic mass is 35.5. The summed E-state index contributed by atoms with van der Waals surface area (Å²) in [6, 6.07) is 6.50. The third kappa shape index (κ3) is 3.73. The molecule has 3 N–H and O–H groups in total. The summed E-state index contributed by atoms with van der Waals surface area (Å²) in [6.45, 7) is -0.117. The van der Waals surface area contributed by atoms with E-state index in [1.165, 1.54) is 0 Å². The second kappa shape index (κ2) is 6.23. The van der Waals surface area contributed by atoms with E-state index < -0.39 is 16.7 Å². The minimum absolute atomic E-state index is 0.117. The third-order valence-electron chi connectivity index (χ3n) is 1.85. The van der Waals surface area contributed by atoms with Crippen LogP contribution in [-0.4, -0.2) is 22.4 Å². The van der Waals surface area contributed by atoms with E-state index in [0.29, 0.717) is 0 Å². The standard InChI is InChI=1S/C10H10ClN3O2S/c11-7-2-1-3-8(13)10(7)17(16)6-9(15)14-5-4-12/h1-3H,5-6,13H2,(H,14,15). The molecule has 0 saturated carbocycles. The lowest BCUT2D eigenvalue weighted by Crippen LogP contribution is -2.28. The number of halogens is 1. The van der Waals surface area contributed by atoms with Crippen LogP contribution in [0, 0.1) is 11.3 Å². The van der Waals surface area contributed by atoms with Crippen molar-refractivity contribution in [3.63, 3.8) is 0 Å². The van der Waals surface area contributed by atoms with E-state index in [1.54, 1.807) is 24.3 Å². The molecule has 0 spiro atoms. The summed E-state index contributed by atoms with van der Waals surface area (Å²) < 4.78 is 11.9. The Labute approximate surface area is 106 Å². The SMILES string of the molecule is N#CCNC(=O)CS(=O)c1c(N)cccc1Cl. The van der Waals surface area contributed by atoms with Crippen molar-refractivity contribution in [3.05, 3.63) is 23.2 Å². The minimum atomic E-state index is -1.62. The number of carbonyl (C=O) groups excluding carboxylic acids is 1. The highest BCUT2D eigenvalue weighted by Gasteiger charge is 2.15. The van der Waals surface area contributed by atoms with Crippen LogP contribution in [0.25, 0.3) is 0 Å². The monoisotopic (exact) mass is 271 g/mol. The number of rotatable bonds is 4. The summed E-state index contributed by atoms with van der Waals surface area (Å²) in [6.07, 6.45) is 0. The van der Waals surface area contributed by atoms with Gasteiger partial charge < -0.3 is 11.1 Å². The summed E-state index contributed by atoms with van der Waals surface area (Å²) in [5.41, 5.74) is 5.92. The van der Waals surface area contributed by atoms with Crippen LogP contribution >= 0.6 is 11.6 Å². The van der Waals surface area contributed by atoms with E-state index >= 15 is 0 Å². The van der Waals surface area contributed by atoms with Gasteiger partial charge in [0.05, 0.1) is 26.8 Å². The molecule has 0 saturated heterocycles. The van der Waals surface area contributed by atoms with Crippen molar-refractivity contribution in [1.82, 2.24) is 5.32 Å². The van der Waals surface area contributed by atoms with Gasteiger partial charge in [-0.25, -0.2) is 0 Å². The van der Waals surface area contributed by atoms with Crippen molar-refractivity contribution in [2.75, 3.05) is 18.0 Å². The van der Waals surface area contributed by atoms with Crippen molar-refractivity contribution in [1.29, 1.82) is 5.26 Å². The first-order valence-corrected chi connectivity index (χ1v) is 6.32. The van der Waals surface area contributed by atoms with Gasteiger partial charge in [0.15, 0.2) is 0 Å². The molecule has 0 aliphatic rings. The lowest BCUT2D eigenvalue weighted by Gasteiger charge is -2.07. The second-order valence-corrected chi connectivity index (χ2v) is 4.88. The zero-order valence-electron chi connectivity index (χ0n) is 8.77. The van der Waals surface area contributed by atoms with Crippen molar-refractivity contribution < 1.29 is 9.00 Å². The van der Waals surface area contributed by atoms with E-state index in [0.717, 1.165) is 0 Å². The van der Waals surface area contributed by atoms with E-state index in [2.05, 4.69) is 5.32 Å². The molecular weight excluding hydrogens is 262 g/mol. The molecule has 1 aromatic rings. The smallest absolute Gasteiger partial charge is 0.233 e. The summed E-state index contributed by atoms with van der Waals surface area (Å²) in [5.74, 6) is -0.750. The predicted molar refractivity (Wildman–Crippen MR) is 65.8 cm³/mol. The highest BCUT2D eigenvalue weighted by molar-refractivity contribution is 7.86. The molecule has 0 bridgehead atoms. The van der Waals surface area contributed by atoms with E-state index in [-0.39, 0.29) is 27.9 Å². The Kier molecular flexibility index (Phi) is 4.94. The molecule has 5 nitrogen and oxygen atoms in total. The molecule has 0 aliphatic carbocycles. The molecule has 0 fully saturated rings. The number of nitrogens with zero attached hydrogens (tertiary/aromatic N) is 1. The topological polar surface area (TPSA) is 96.0 Å². The maximum Gasteiger partial charge on any atom is 0.233 e. The number of nitriles is 1. The number of nitrogens with two attached hydrogens (primary N) is 1. The number of hydrogen-bond acceptors (Lipinski definition) is 4. The van der Waals surface area contributed by atoms with Gasteiger partial charge in [0.25, 0.3) is 0 Å². The Bertz CT molecular complexity index is 479. The molecular formula is C10H10ClN3O2S. The average Bonchev–Trinajstić information content (AvgIpc) is 2.26. The van der Waals surface area contributed by atoms with Gasteiger partial charge in [-0.15, -0.1) is 0 Å². The molecule has 1 aromatic carbocycles. The molecule has 1 rings (SSSR count). The summed E-state index contributed by atoms with van der Waals surface area (Å²) in [7, 11) is -1.62. The van der Waals surface area contributed by atoms with Gasteiger partial charge in [-0.1, -0.05) is 17.7 Å². The van der Waals surface area contributed by atoms with Crippen LogP contribution in [0.2, 0.25) is 5.02 Å². The van der Waals surface area contributed by atoms with Crippen molar-refractivity contribution >= 4 is 34.0 Å². The molecule has 7 heteroatoms. The first-order chi connectivity index (χ1) is 8.06. The molecule has 0 aromatic heterocycles. The second-order valence-electron chi connectivity index (χ2n) is 3.08. The largest absolute Gasteiger partial charge is 0.398 e. The van der Waals surface area contributed by atoms with Gasteiger partial charge >= 0.3 is 0 Å². The zero-order valence-corrected chi connectivity index (χ0v) is 10.3. The van der Waals surface area contributed by atoms with Gasteiger partial charge in [0.1, 0.15) is 12.3 Å². The van der Waals surface area contributed by atoms with Crippen LogP contribution in [0.3, 0.4) is 0 Å². The number of benzene rings is 1. The van der Waals surface area contributed by atoms with Crippen LogP contribution in [0.4, 0.5) is 5.69 Å². The number of nitrogen functional groups attached to an aromatic ring is 1. The molecule has 0 heterocycles. The van der Waals surface area contributed by atoms with Gasteiger partial charge in [-0.05, 0) is 12.1 Å². The maximum absolute atomic E-state index is 11.9. The van der Waals surface area contributed by atoms with Crippen LogP contribution in [0.15, 0.2) is 23.1 Å². The van der Waals surface area contributed by atoms with Gasteiger partial charge in [-0.3, -0.25) is 9.00 Å². The lowest BCUT2D eigenvalue weighted by atomic mass is 10.3. The summed E-state index contributed by atoms with van der Waals surface area (Å²) in [5, 5.41) is 10.8. The van der Waals surface area contributed by atoms with Crippen molar-refractivity contribution in [2.45, 2.75) is 4.90 Å². The molecule has 1 atom stereocenters. The quantitative estimate of drug-likeness (QED) is 0.621. The summed E-state index contributed by atoms with van der Waals surface area (Å²) >= 11 is 5.86. The molecule has 0 aliphatic heterocycles. The summed E-state index contributed by atoms with van der Waals surface area (Å²) in [4.78, 5) is 11.5. The van der Waals surface area contributed by atoms with Gasteiger partial charge in [-0.2, -0.15) is 5.26 Å². The Morgan fingerprint density at radius 3 is 2.88 bits per heavy atom. The van der Waals surface area contributed by atoms with Crippen LogP contribution < -0.4 is 11.1 Å². The molecule has 1 amide bonds. The fourth-order valence-electron chi connectivity index (χ4n) is 1.15. The molecule has 1 unspecified atom stereocenters. The van der Waals surface area contributed by atoms with Crippen molar-refractivity contribution in [2.24, 2.45) is 0 Å². The molecule has 90 valence electrons. The van der Waals surface area contributed by atoms with E-state index in [9.17, 15) is 9.00 Å². The highest BCUT2D eigenvalue weighted by Crippen LogP contribution is 2.25. The number of nitrogens with one attached hydrogen (secondary N) is 1. The maximum atomic E-state index is 11.9. The number of hydrogen-bond donors (Lipinski definition) is 2. The van der Waals surface area contributed by atoms with Crippen molar-refractivity contribution in [3.8, 4) is 6.07 Å². The van der Waals surface area contributed by atoms with Crippen LogP contribution in [-0.2, 0) is 15.6 Å². The number of anilines is 1. The third-order valence-corrected chi connectivity index (χ3v) is 3.71. The van der Waals surface area contributed by atoms with E-state index in [4.69, 9.17) is 22.6 Å². The van der Waals surface area contributed by atoms with Gasteiger partial charge in [0.2, 0.25) is 5.91 Å². The van der Waals surface area contributed by atoms with Gasteiger partial charge in [0, 0.05) is 5.69 Å². The fraction of sp³-hybridized carbons (Fsp3) is 0.200. The Morgan fingerprint density at radius 1 is 1.59 bits per heavy atom. The predicted octanol–water partition coefficient (Wildman–Crippen LogP) is 0.670. The average molecular weight is 272 g/mol. The van der Waals surface area contributed by atoms with Crippen LogP contribution in [0.1, 0.15) is 0 Å². The number of amides is 1. The van der Waals surface area contributed by atoms with E-state index in [1.807, 2.05) is 0 Å². The first kappa shape index (κ1) is 13.5. The van der Waals surface area contributed by atoms with Crippen LogP contribution in [0.5, 0.6) is 0 Å². The number of carbonyl (C=O) groups is 1. The lowest BCUT2D eigenvalue weighted by molar-refractivity contribution is -0.118. The zero-order chi connectivity index (χ0) is 12.8. The molecule has 0 radical (unpaired) electrons. The Balaban J connectivity index is 2.78. The Hall–Kier alpha value is -1.58. The fourth-order valence-corrected chi connectivity index (χ4v) is 2.69.